The summed E-state index contributed by atoms with van der Waals surface area (Å²) in [6, 6.07) is 27.2. The minimum absolute atomic E-state index is 0.508. The molecule has 0 N–H and O–H groups in total. The monoisotopic (exact) mass is 353 g/mol. The fourth-order valence-corrected chi connectivity index (χ4v) is 4.22. The van der Waals surface area contributed by atoms with Crippen LogP contribution < -0.4 is 4.57 Å². The molecule has 1 fully saturated rings. The summed E-state index contributed by atoms with van der Waals surface area (Å²) in [5.74, 6) is -0.508. The number of nitrogens with zero attached hydrogens (tertiary/aromatic N) is 2. The minimum atomic E-state index is -0.508. The van der Waals surface area contributed by atoms with Gasteiger partial charge in [0.2, 0.25) is 0 Å². The van der Waals surface area contributed by atoms with Crippen molar-refractivity contribution in [1.29, 1.82) is 0 Å². The Kier molecular flexibility index (Phi) is 3.96. The Bertz CT molecular complexity index is 1110. The van der Waals surface area contributed by atoms with E-state index in [1.54, 1.807) is 0 Å². The zero-order chi connectivity index (χ0) is 19.0. The first-order chi connectivity index (χ1) is 13.8. The van der Waals surface area contributed by atoms with Gasteiger partial charge in [-0.2, -0.15) is 0 Å². The highest BCUT2D eigenvalue weighted by Gasteiger charge is 2.20. The Morgan fingerprint density at radius 1 is 0.815 bits per heavy atom. The molecule has 27 heavy (non-hydrogen) atoms. The average Bonchev–Trinajstić information content (AvgIpc) is 3.15. The number of imidazole rings is 1. The van der Waals surface area contributed by atoms with Crippen LogP contribution in [0.4, 0.5) is 0 Å². The molecule has 1 aliphatic rings. The van der Waals surface area contributed by atoms with Crippen molar-refractivity contribution in [3.05, 3.63) is 90.8 Å². The summed E-state index contributed by atoms with van der Waals surface area (Å²) in [6.07, 6.45) is 8.95. The van der Waals surface area contributed by atoms with Gasteiger partial charge in [-0.05, 0) is 42.5 Å². The van der Waals surface area contributed by atoms with Crippen LogP contribution in [0, 0.1) is 6.33 Å². The lowest BCUT2D eigenvalue weighted by Crippen LogP contribution is -2.32. The Morgan fingerprint density at radius 2 is 1.52 bits per heavy atom. The number of rotatable bonds is 3. The van der Waals surface area contributed by atoms with Gasteiger partial charge in [-0.1, -0.05) is 79.9 Å². The number of benzene rings is 3. The quantitative estimate of drug-likeness (QED) is 0.327. The zero-order valence-electron chi connectivity index (χ0n) is 16.4. The SMILES string of the molecule is [2H]C1(c2ccccc2-[n+]2[c-]n(-c3ccccc3)c3ccccc32)CCCCC1. The molecule has 2 nitrogen and oxygen atoms in total. The standard InChI is InChI=1S/C25H24N2/c1-3-11-20(12-4-1)22-15-7-8-16-23(22)27-19-26(21-13-5-2-6-14-21)24-17-9-10-18-25(24)27/h2,5-10,13-18,20H,1,3-4,11-12H2/i20D. The van der Waals surface area contributed by atoms with E-state index in [4.69, 9.17) is 0 Å². The number of para-hydroxylation sites is 4. The van der Waals surface area contributed by atoms with Crippen LogP contribution in [0.3, 0.4) is 0 Å². The molecule has 0 atom stereocenters. The largest absolute Gasteiger partial charge is 0.292 e. The van der Waals surface area contributed by atoms with E-state index in [1.165, 1.54) is 6.42 Å². The van der Waals surface area contributed by atoms with Crippen LogP contribution >= 0.6 is 0 Å². The molecule has 1 aromatic heterocycles. The maximum Gasteiger partial charge on any atom is 0.269 e. The van der Waals surface area contributed by atoms with Crippen LogP contribution in [-0.4, -0.2) is 4.57 Å². The highest BCUT2D eigenvalue weighted by atomic mass is 15.1. The van der Waals surface area contributed by atoms with Gasteiger partial charge in [-0.3, -0.25) is 9.13 Å². The van der Waals surface area contributed by atoms with Crippen molar-refractivity contribution >= 4 is 11.0 Å². The molecule has 0 aliphatic heterocycles. The van der Waals surface area contributed by atoms with E-state index < -0.39 is 5.89 Å². The van der Waals surface area contributed by atoms with Gasteiger partial charge < -0.3 is 0 Å². The first kappa shape index (κ1) is 15.2. The van der Waals surface area contributed by atoms with Gasteiger partial charge >= 0.3 is 0 Å². The van der Waals surface area contributed by atoms with Gasteiger partial charge in [0.1, 0.15) is 0 Å². The number of hydrogen-bond acceptors (Lipinski definition) is 0. The second-order valence-electron chi connectivity index (χ2n) is 7.28. The highest BCUT2D eigenvalue weighted by Crippen LogP contribution is 2.34. The maximum absolute atomic E-state index is 9.20. The van der Waals surface area contributed by atoms with Crippen molar-refractivity contribution in [3.8, 4) is 11.4 Å². The van der Waals surface area contributed by atoms with Crippen molar-refractivity contribution in [2.45, 2.75) is 38.0 Å². The summed E-state index contributed by atoms with van der Waals surface area (Å²) in [5, 5.41) is 0. The number of aromatic nitrogens is 2. The zero-order valence-corrected chi connectivity index (χ0v) is 15.4. The van der Waals surface area contributed by atoms with Gasteiger partial charge in [0, 0.05) is 1.37 Å². The Labute approximate surface area is 162 Å². The molecule has 0 spiro atoms. The summed E-state index contributed by atoms with van der Waals surface area (Å²) < 4.78 is 13.5. The number of fused-ring (bicyclic) bond motifs is 1. The predicted molar refractivity (Wildman–Crippen MR) is 109 cm³/mol. The molecular formula is C25H24N2. The molecule has 3 aromatic carbocycles. The third kappa shape index (κ3) is 2.95. The summed E-state index contributed by atoms with van der Waals surface area (Å²) in [7, 11) is 0. The lowest BCUT2D eigenvalue weighted by Gasteiger charge is -2.24. The van der Waals surface area contributed by atoms with Crippen molar-refractivity contribution in [2.75, 3.05) is 0 Å². The van der Waals surface area contributed by atoms with E-state index in [9.17, 15) is 1.37 Å². The third-order valence-electron chi connectivity index (χ3n) is 5.56. The third-order valence-corrected chi connectivity index (χ3v) is 5.56. The van der Waals surface area contributed by atoms with Crippen molar-refractivity contribution in [1.82, 2.24) is 4.57 Å². The van der Waals surface area contributed by atoms with Gasteiger partial charge in [0.25, 0.3) is 6.33 Å². The minimum Gasteiger partial charge on any atom is -0.292 e. The molecule has 0 saturated heterocycles. The molecule has 1 heterocycles. The molecule has 2 heteroatoms. The lowest BCUT2D eigenvalue weighted by atomic mass is 9.83. The first-order valence-electron chi connectivity index (χ1n) is 10.4. The average molecular weight is 353 g/mol. The molecule has 0 radical (unpaired) electrons. The molecule has 1 aliphatic carbocycles. The van der Waals surface area contributed by atoms with Gasteiger partial charge in [0.05, 0.1) is 22.4 Å². The van der Waals surface area contributed by atoms with E-state index in [0.29, 0.717) is 0 Å². The van der Waals surface area contributed by atoms with E-state index in [-0.39, 0.29) is 0 Å². The molecule has 4 aromatic rings. The van der Waals surface area contributed by atoms with Crippen LogP contribution in [0.5, 0.6) is 0 Å². The first-order valence-corrected chi connectivity index (χ1v) is 9.86. The van der Waals surface area contributed by atoms with E-state index in [0.717, 1.165) is 53.7 Å². The van der Waals surface area contributed by atoms with E-state index >= 15 is 0 Å². The van der Waals surface area contributed by atoms with Crippen molar-refractivity contribution in [3.63, 3.8) is 0 Å². The molecular weight excluding hydrogens is 328 g/mol. The molecule has 0 unspecified atom stereocenters. The lowest BCUT2D eigenvalue weighted by molar-refractivity contribution is -0.573. The molecule has 1 saturated carbocycles. The van der Waals surface area contributed by atoms with Gasteiger partial charge in [0.15, 0.2) is 0 Å². The summed E-state index contributed by atoms with van der Waals surface area (Å²) in [5.41, 5.74) is 5.51. The van der Waals surface area contributed by atoms with Crippen LogP contribution in [-0.2, 0) is 0 Å². The van der Waals surface area contributed by atoms with Crippen molar-refractivity contribution in [2.24, 2.45) is 0 Å². The van der Waals surface area contributed by atoms with Gasteiger partial charge in [-0.25, -0.2) is 0 Å². The fraction of sp³-hybridized carbons (Fsp3) is 0.240. The normalized spacial score (nSPS) is 17.0. The second kappa shape index (κ2) is 7.03. The predicted octanol–water partition coefficient (Wildman–Crippen LogP) is 5.76. The molecule has 0 bridgehead atoms. The fourth-order valence-electron chi connectivity index (χ4n) is 4.22. The van der Waals surface area contributed by atoms with Crippen molar-refractivity contribution < 1.29 is 5.94 Å². The Morgan fingerprint density at radius 3 is 2.37 bits per heavy atom. The molecule has 134 valence electrons. The van der Waals surface area contributed by atoms with E-state index in [1.807, 2.05) is 6.07 Å². The maximum atomic E-state index is 9.20. The Balaban J connectivity index is 1.74. The van der Waals surface area contributed by atoms with Gasteiger partial charge in [-0.15, -0.1) is 0 Å². The van der Waals surface area contributed by atoms with Crippen LogP contribution in [0.25, 0.3) is 22.4 Å². The van der Waals surface area contributed by atoms with Crippen LogP contribution in [0.2, 0.25) is 0 Å². The van der Waals surface area contributed by atoms with Crippen LogP contribution in [0.15, 0.2) is 78.9 Å². The topological polar surface area (TPSA) is 8.81 Å². The molecule has 5 rings (SSSR count). The number of hydrogen-bond donors (Lipinski definition) is 0. The summed E-state index contributed by atoms with van der Waals surface area (Å²) in [6.45, 7) is 0. The second-order valence-corrected chi connectivity index (χ2v) is 7.28. The van der Waals surface area contributed by atoms with Crippen LogP contribution in [0.1, 0.15) is 44.9 Å². The van der Waals surface area contributed by atoms with E-state index in [2.05, 4.69) is 88.3 Å². The summed E-state index contributed by atoms with van der Waals surface area (Å²) in [4.78, 5) is 0. The Hall–Kier alpha value is -2.87. The summed E-state index contributed by atoms with van der Waals surface area (Å²) >= 11 is 0. The molecule has 0 amide bonds. The smallest absolute Gasteiger partial charge is 0.269 e. The highest BCUT2D eigenvalue weighted by molar-refractivity contribution is 5.74.